The summed E-state index contributed by atoms with van der Waals surface area (Å²) in [5.74, 6) is 0. The van der Waals surface area contributed by atoms with Crippen molar-refractivity contribution in [2.24, 2.45) is 0 Å². The van der Waals surface area contributed by atoms with E-state index < -0.39 is 6.03 Å². The van der Waals surface area contributed by atoms with E-state index in [1.54, 1.807) is 6.20 Å². The lowest BCUT2D eigenvalue weighted by Gasteiger charge is -1.99. The van der Waals surface area contributed by atoms with Gasteiger partial charge in [-0.05, 0) is 12.1 Å². The average molecular weight is 164 g/mol. The lowest BCUT2D eigenvalue weighted by molar-refractivity contribution is 0.248. The van der Waals surface area contributed by atoms with Gasteiger partial charge in [-0.2, -0.15) is 0 Å². The average Bonchev–Trinajstić information content (AvgIpc) is 2.05. The van der Waals surface area contributed by atoms with Crippen LogP contribution in [0.1, 0.15) is 5.69 Å². The van der Waals surface area contributed by atoms with Crippen LogP contribution in [0.25, 0.3) is 0 Å². The first-order valence-corrected chi connectivity index (χ1v) is 3.68. The third-order valence-corrected chi connectivity index (χ3v) is 1.39. The second-order valence-corrected chi connectivity index (χ2v) is 2.33. The van der Waals surface area contributed by atoms with E-state index >= 15 is 0 Å². The summed E-state index contributed by atoms with van der Waals surface area (Å²) in [5, 5.41) is 2.38. The number of aromatic nitrogens is 1. The number of hydrogen-bond acceptors (Lipinski definition) is 2. The van der Waals surface area contributed by atoms with Gasteiger partial charge in [0.2, 0.25) is 0 Å². The molecular formula is C8H10N3O. The Bertz CT molecular complexity index is 248. The fraction of sp³-hybridized carbons (Fsp3) is 0.250. The number of carbonyl (C=O) groups excluding carboxylic acids is 1. The Labute approximate surface area is 70.8 Å². The quantitative estimate of drug-likeness (QED) is 0.711. The minimum absolute atomic E-state index is 0.472. The zero-order valence-corrected chi connectivity index (χ0v) is 6.58. The van der Waals surface area contributed by atoms with Crippen molar-refractivity contribution in [3.8, 4) is 0 Å². The van der Waals surface area contributed by atoms with Crippen LogP contribution < -0.4 is 11.1 Å². The predicted octanol–water partition coefficient (Wildman–Crippen LogP) is 0.617. The van der Waals surface area contributed by atoms with E-state index in [9.17, 15) is 4.79 Å². The zero-order chi connectivity index (χ0) is 8.81. The first-order chi connectivity index (χ1) is 5.79. The first kappa shape index (κ1) is 8.52. The second-order valence-electron chi connectivity index (χ2n) is 2.33. The summed E-state index contributed by atoms with van der Waals surface area (Å²) in [4.78, 5) is 14.2. The lowest BCUT2D eigenvalue weighted by Crippen LogP contribution is -2.24. The molecule has 0 saturated heterocycles. The zero-order valence-electron chi connectivity index (χ0n) is 6.58. The number of pyridine rings is 1. The van der Waals surface area contributed by atoms with Crippen LogP contribution in [0.5, 0.6) is 0 Å². The fourth-order valence-corrected chi connectivity index (χ4v) is 0.850. The summed E-state index contributed by atoms with van der Waals surface area (Å²) in [7, 11) is 0. The molecule has 0 saturated carbocycles. The molecule has 1 heterocycles. The maximum Gasteiger partial charge on any atom is 0.333 e. The lowest BCUT2D eigenvalue weighted by atomic mass is 10.3. The summed E-state index contributed by atoms with van der Waals surface area (Å²) in [6.45, 7) is 0.472. The number of carbonyl (C=O) groups is 1. The van der Waals surface area contributed by atoms with Gasteiger partial charge in [-0.25, -0.2) is 10.5 Å². The van der Waals surface area contributed by atoms with Gasteiger partial charge in [-0.15, -0.1) is 0 Å². The molecule has 4 heteroatoms. The van der Waals surface area contributed by atoms with Gasteiger partial charge in [0, 0.05) is 24.9 Å². The van der Waals surface area contributed by atoms with Gasteiger partial charge in [0.05, 0.1) is 0 Å². The van der Waals surface area contributed by atoms with Crippen molar-refractivity contribution in [1.82, 2.24) is 16.0 Å². The van der Waals surface area contributed by atoms with Crippen LogP contribution in [0.3, 0.4) is 0 Å². The molecule has 0 aliphatic heterocycles. The van der Waals surface area contributed by atoms with Crippen molar-refractivity contribution < 1.29 is 4.79 Å². The Hall–Kier alpha value is -1.58. The van der Waals surface area contributed by atoms with E-state index in [0.29, 0.717) is 13.0 Å². The van der Waals surface area contributed by atoms with Gasteiger partial charge in [0.15, 0.2) is 0 Å². The number of rotatable bonds is 3. The Kier molecular flexibility index (Phi) is 3.07. The minimum Gasteiger partial charge on any atom is -0.336 e. The van der Waals surface area contributed by atoms with Gasteiger partial charge in [0.1, 0.15) is 0 Å². The standard InChI is InChI=1S/C8H10N3O/c9-8(12)11-6-4-7-3-1-2-5-10-7/h1-3,5,9H,4,6H2,(H,11,12). The fourth-order valence-electron chi connectivity index (χ4n) is 0.850. The number of amides is 2. The molecule has 0 aromatic carbocycles. The van der Waals surface area contributed by atoms with Crippen molar-refractivity contribution in [1.29, 1.82) is 0 Å². The van der Waals surface area contributed by atoms with Crippen LogP contribution in [0.2, 0.25) is 0 Å². The molecule has 0 aliphatic rings. The van der Waals surface area contributed by atoms with Crippen LogP contribution in [0.15, 0.2) is 24.4 Å². The molecule has 1 aromatic heterocycles. The van der Waals surface area contributed by atoms with Crippen LogP contribution in [-0.4, -0.2) is 17.6 Å². The highest BCUT2D eigenvalue weighted by molar-refractivity contribution is 5.70. The molecule has 1 radical (unpaired) electrons. The summed E-state index contributed by atoms with van der Waals surface area (Å²) >= 11 is 0. The van der Waals surface area contributed by atoms with E-state index in [2.05, 4.69) is 10.3 Å². The van der Waals surface area contributed by atoms with Crippen molar-refractivity contribution in [2.45, 2.75) is 6.42 Å². The van der Waals surface area contributed by atoms with Crippen LogP contribution in [0.4, 0.5) is 4.79 Å². The molecule has 2 N–H and O–H groups in total. The maximum atomic E-state index is 10.2. The third-order valence-electron chi connectivity index (χ3n) is 1.39. The molecule has 0 bridgehead atoms. The molecule has 1 aromatic rings. The Morgan fingerprint density at radius 3 is 3.00 bits per heavy atom. The van der Waals surface area contributed by atoms with Gasteiger partial charge >= 0.3 is 6.03 Å². The maximum absolute atomic E-state index is 10.2. The molecule has 0 aliphatic carbocycles. The number of nitrogens with zero attached hydrogens (tertiary/aromatic N) is 1. The molecule has 0 spiro atoms. The highest BCUT2D eigenvalue weighted by Gasteiger charge is 1.94. The largest absolute Gasteiger partial charge is 0.336 e. The Morgan fingerprint density at radius 1 is 1.58 bits per heavy atom. The molecule has 4 nitrogen and oxygen atoms in total. The van der Waals surface area contributed by atoms with Crippen molar-refractivity contribution in [2.75, 3.05) is 6.54 Å². The van der Waals surface area contributed by atoms with E-state index in [4.69, 9.17) is 5.73 Å². The van der Waals surface area contributed by atoms with Gasteiger partial charge in [0.25, 0.3) is 0 Å². The summed E-state index contributed by atoms with van der Waals surface area (Å²) in [5.41, 5.74) is 7.50. The van der Waals surface area contributed by atoms with Gasteiger partial charge in [-0.3, -0.25) is 4.98 Å². The first-order valence-electron chi connectivity index (χ1n) is 3.68. The molecule has 63 valence electrons. The monoisotopic (exact) mass is 164 g/mol. The van der Waals surface area contributed by atoms with Crippen LogP contribution in [-0.2, 0) is 6.42 Å². The van der Waals surface area contributed by atoms with E-state index in [1.807, 2.05) is 18.2 Å². The second kappa shape index (κ2) is 4.33. The van der Waals surface area contributed by atoms with Gasteiger partial charge < -0.3 is 5.32 Å². The molecule has 0 unspecified atom stereocenters. The number of nitrogens with one attached hydrogen (secondary N) is 2. The predicted molar refractivity (Wildman–Crippen MR) is 44.4 cm³/mol. The third kappa shape index (κ3) is 3.01. The molecule has 2 amide bonds. The van der Waals surface area contributed by atoms with Crippen molar-refractivity contribution >= 4 is 6.03 Å². The van der Waals surface area contributed by atoms with Crippen LogP contribution >= 0.6 is 0 Å². The van der Waals surface area contributed by atoms with E-state index in [-0.39, 0.29) is 0 Å². The van der Waals surface area contributed by atoms with Crippen molar-refractivity contribution in [3.05, 3.63) is 30.1 Å². The molecule has 0 fully saturated rings. The molecular weight excluding hydrogens is 154 g/mol. The Balaban J connectivity index is 2.29. The van der Waals surface area contributed by atoms with Crippen molar-refractivity contribution in [3.63, 3.8) is 0 Å². The molecule has 0 atom stereocenters. The molecule has 12 heavy (non-hydrogen) atoms. The molecule has 1 rings (SSSR count). The number of hydrogen-bond donors (Lipinski definition) is 1. The SMILES string of the molecule is [NH]C(=O)NCCc1ccccn1. The van der Waals surface area contributed by atoms with E-state index in [0.717, 1.165) is 5.69 Å². The highest BCUT2D eigenvalue weighted by Crippen LogP contribution is 1.92. The van der Waals surface area contributed by atoms with E-state index in [1.165, 1.54) is 0 Å². The summed E-state index contributed by atoms with van der Waals surface area (Å²) in [6.07, 6.45) is 2.38. The normalized spacial score (nSPS) is 9.33. The summed E-state index contributed by atoms with van der Waals surface area (Å²) < 4.78 is 0. The van der Waals surface area contributed by atoms with Crippen LogP contribution in [0, 0.1) is 0 Å². The highest BCUT2D eigenvalue weighted by atomic mass is 16.2. The topological polar surface area (TPSA) is 65.8 Å². The summed E-state index contributed by atoms with van der Waals surface area (Å²) in [6, 6.07) is 4.87. The Morgan fingerprint density at radius 2 is 2.42 bits per heavy atom. The smallest absolute Gasteiger partial charge is 0.333 e. The number of urea groups is 1. The van der Waals surface area contributed by atoms with Gasteiger partial charge in [-0.1, -0.05) is 6.07 Å². The minimum atomic E-state index is -0.745.